The van der Waals surface area contributed by atoms with Crippen molar-refractivity contribution in [1.82, 2.24) is 10.2 Å². The van der Waals surface area contributed by atoms with Gasteiger partial charge in [0.1, 0.15) is 17.2 Å². The normalized spacial score (nSPS) is 14.3. The van der Waals surface area contributed by atoms with Crippen molar-refractivity contribution in [2.45, 2.75) is 6.54 Å². The van der Waals surface area contributed by atoms with Gasteiger partial charge in [0.15, 0.2) is 0 Å². The summed E-state index contributed by atoms with van der Waals surface area (Å²) in [5, 5.41) is 2.81. The number of nitrogens with zero attached hydrogens (tertiary/aromatic N) is 1. The number of carbonyl (C=O) groups excluding carboxylic acids is 4. The summed E-state index contributed by atoms with van der Waals surface area (Å²) in [5.41, 5.74) is 0.570. The van der Waals surface area contributed by atoms with Gasteiger partial charge in [-0.1, -0.05) is 27.5 Å². The van der Waals surface area contributed by atoms with Crippen molar-refractivity contribution < 1.29 is 33.1 Å². The Hall–Kier alpha value is -3.89. The van der Waals surface area contributed by atoms with E-state index < -0.39 is 23.9 Å². The molecule has 0 bridgehead atoms. The first kappa shape index (κ1) is 24.2. The molecule has 2 heterocycles. The zero-order chi connectivity index (χ0) is 25.1. The number of rotatable bonds is 6. The van der Waals surface area contributed by atoms with Gasteiger partial charge in [-0.15, -0.1) is 0 Å². The molecule has 178 valence electrons. The Morgan fingerprint density at radius 3 is 2.54 bits per heavy atom. The van der Waals surface area contributed by atoms with Crippen molar-refractivity contribution in [2.24, 2.45) is 0 Å². The molecule has 0 aliphatic carbocycles. The van der Waals surface area contributed by atoms with Crippen molar-refractivity contribution >= 4 is 57.5 Å². The molecular formula is C24H16BrClN2O7. The fraction of sp³-hybridized carbons (Fsp3) is 0.0833. The number of benzene rings is 2. The lowest BCUT2D eigenvalue weighted by Gasteiger charge is -2.10. The molecule has 0 radical (unpaired) electrons. The minimum atomic E-state index is -0.687. The van der Waals surface area contributed by atoms with Gasteiger partial charge in [0.2, 0.25) is 5.76 Å². The third-order valence-electron chi connectivity index (χ3n) is 4.88. The highest BCUT2D eigenvalue weighted by molar-refractivity contribution is 9.10. The Kier molecular flexibility index (Phi) is 7.04. The molecule has 1 fully saturated rings. The maximum absolute atomic E-state index is 12.9. The summed E-state index contributed by atoms with van der Waals surface area (Å²) in [6, 6.07) is 13.3. The van der Waals surface area contributed by atoms with Crippen LogP contribution in [0.4, 0.5) is 4.79 Å². The van der Waals surface area contributed by atoms with E-state index in [1.54, 1.807) is 24.3 Å². The molecule has 1 aliphatic heterocycles. The van der Waals surface area contributed by atoms with E-state index in [0.29, 0.717) is 16.1 Å². The maximum atomic E-state index is 12.9. The first-order valence-electron chi connectivity index (χ1n) is 10.0. The van der Waals surface area contributed by atoms with E-state index >= 15 is 0 Å². The summed E-state index contributed by atoms with van der Waals surface area (Å²) < 4.78 is 16.2. The minimum absolute atomic E-state index is 0.0542. The predicted octanol–water partition coefficient (Wildman–Crippen LogP) is 4.79. The number of nitrogens with one attached hydrogen (secondary N) is 1. The molecular weight excluding hydrogens is 544 g/mol. The van der Waals surface area contributed by atoms with Gasteiger partial charge in [-0.25, -0.2) is 14.4 Å². The number of amides is 3. The van der Waals surface area contributed by atoms with Crippen LogP contribution in [0.5, 0.6) is 5.75 Å². The Balaban J connectivity index is 1.55. The summed E-state index contributed by atoms with van der Waals surface area (Å²) in [6.45, 7) is -0.208. The van der Waals surface area contributed by atoms with Gasteiger partial charge in [0.05, 0.1) is 19.2 Å². The Morgan fingerprint density at radius 2 is 1.83 bits per heavy atom. The number of hydrogen-bond acceptors (Lipinski definition) is 7. The van der Waals surface area contributed by atoms with Crippen LogP contribution in [0.25, 0.3) is 6.08 Å². The number of hydrogen-bond donors (Lipinski definition) is 1. The lowest BCUT2D eigenvalue weighted by atomic mass is 10.1. The van der Waals surface area contributed by atoms with Crippen molar-refractivity contribution in [2.75, 3.05) is 7.11 Å². The molecule has 4 rings (SSSR count). The molecule has 1 aromatic heterocycles. The van der Waals surface area contributed by atoms with Crippen LogP contribution < -0.4 is 10.1 Å². The second kappa shape index (κ2) is 10.2. The number of methoxy groups -OCH3 is 1. The third kappa shape index (κ3) is 5.44. The number of esters is 2. The molecule has 35 heavy (non-hydrogen) atoms. The average Bonchev–Trinajstić information content (AvgIpc) is 3.41. The molecule has 9 nitrogen and oxygen atoms in total. The zero-order valence-electron chi connectivity index (χ0n) is 18.0. The summed E-state index contributed by atoms with van der Waals surface area (Å²) in [7, 11) is 1.21. The zero-order valence-corrected chi connectivity index (χ0v) is 20.4. The van der Waals surface area contributed by atoms with Gasteiger partial charge < -0.3 is 19.2 Å². The van der Waals surface area contributed by atoms with Crippen molar-refractivity contribution in [1.29, 1.82) is 0 Å². The largest absolute Gasteiger partial charge is 0.463 e. The van der Waals surface area contributed by atoms with Gasteiger partial charge in [-0.05, 0) is 60.7 Å². The van der Waals surface area contributed by atoms with Crippen LogP contribution in [0.3, 0.4) is 0 Å². The molecule has 0 spiro atoms. The molecule has 0 unspecified atom stereocenters. The topological polar surface area (TPSA) is 115 Å². The summed E-state index contributed by atoms with van der Waals surface area (Å²) >= 11 is 9.41. The van der Waals surface area contributed by atoms with Gasteiger partial charge in [-0.3, -0.25) is 9.69 Å². The van der Waals surface area contributed by atoms with Crippen LogP contribution in [-0.2, 0) is 16.1 Å². The Labute approximate surface area is 212 Å². The monoisotopic (exact) mass is 558 g/mol. The van der Waals surface area contributed by atoms with Crippen LogP contribution in [-0.4, -0.2) is 35.9 Å². The summed E-state index contributed by atoms with van der Waals surface area (Å²) in [4.78, 5) is 50.3. The number of ether oxygens (including phenoxy) is 2. The maximum Gasteiger partial charge on any atom is 0.373 e. The van der Waals surface area contributed by atoms with Crippen LogP contribution >= 0.6 is 27.5 Å². The van der Waals surface area contributed by atoms with E-state index in [4.69, 9.17) is 20.8 Å². The van der Waals surface area contributed by atoms with E-state index in [0.717, 1.165) is 9.37 Å². The third-order valence-corrected chi connectivity index (χ3v) is 5.64. The highest BCUT2D eigenvalue weighted by Gasteiger charge is 2.34. The molecule has 3 amide bonds. The van der Waals surface area contributed by atoms with Gasteiger partial charge in [0, 0.05) is 15.1 Å². The second-order valence-electron chi connectivity index (χ2n) is 7.22. The first-order valence-corrected chi connectivity index (χ1v) is 11.2. The smallest absolute Gasteiger partial charge is 0.373 e. The molecule has 1 aliphatic rings. The average molecular weight is 560 g/mol. The SMILES string of the molecule is COC(=O)c1ccc(CN2C(=O)N/C(=C\c3cc(Cl)ccc3OC(=O)c3ccc(Br)cc3)C2=O)o1. The van der Waals surface area contributed by atoms with Crippen molar-refractivity contribution in [3.05, 3.63) is 92.4 Å². The minimum Gasteiger partial charge on any atom is -0.463 e. The standard InChI is InChI=1S/C24H16BrClN2O7/c1-33-23(31)20-9-7-17(34-20)12-28-21(29)18(27-24(28)32)11-14-10-16(26)6-8-19(14)35-22(30)13-2-4-15(25)5-3-13/h2-11H,12H2,1H3,(H,27,32)/b18-11-. The molecule has 2 aromatic carbocycles. The molecule has 3 aromatic rings. The Morgan fingerprint density at radius 1 is 1.09 bits per heavy atom. The molecule has 1 N–H and O–H groups in total. The number of carbonyl (C=O) groups is 4. The van der Waals surface area contributed by atoms with E-state index in [2.05, 4.69) is 26.0 Å². The van der Waals surface area contributed by atoms with Crippen LogP contribution in [0.1, 0.15) is 32.2 Å². The van der Waals surface area contributed by atoms with Gasteiger partial charge in [-0.2, -0.15) is 0 Å². The van der Waals surface area contributed by atoms with E-state index in [1.807, 2.05) is 0 Å². The highest BCUT2D eigenvalue weighted by atomic mass is 79.9. The van der Waals surface area contributed by atoms with Crippen molar-refractivity contribution in [3.8, 4) is 5.75 Å². The van der Waals surface area contributed by atoms with Crippen molar-refractivity contribution in [3.63, 3.8) is 0 Å². The van der Waals surface area contributed by atoms with Crippen LogP contribution in [0, 0.1) is 0 Å². The van der Waals surface area contributed by atoms with E-state index in [1.165, 1.54) is 43.5 Å². The summed E-state index contributed by atoms with van der Waals surface area (Å²) in [6.07, 6.45) is 1.36. The molecule has 11 heteroatoms. The number of urea groups is 1. The number of halogens is 2. The van der Waals surface area contributed by atoms with Gasteiger partial charge in [0.25, 0.3) is 5.91 Å². The number of furan rings is 1. The number of imide groups is 1. The first-order chi connectivity index (χ1) is 16.7. The molecule has 0 atom stereocenters. The quantitative estimate of drug-likeness (QED) is 0.200. The van der Waals surface area contributed by atoms with Crippen LogP contribution in [0.15, 0.2) is 69.2 Å². The fourth-order valence-corrected chi connectivity index (χ4v) is 3.61. The fourth-order valence-electron chi connectivity index (χ4n) is 3.17. The lowest BCUT2D eigenvalue weighted by Crippen LogP contribution is -2.30. The predicted molar refractivity (Wildman–Crippen MR) is 128 cm³/mol. The summed E-state index contributed by atoms with van der Waals surface area (Å²) in [5.74, 6) is -1.63. The molecule has 1 saturated heterocycles. The second-order valence-corrected chi connectivity index (χ2v) is 8.57. The highest BCUT2D eigenvalue weighted by Crippen LogP contribution is 2.28. The Bertz CT molecular complexity index is 1360. The van der Waals surface area contributed by atoms with Gasteiger partial charge >= 0.3 is 18.0 Å². The molecule has 0 saturated carbocycles. The lowest BCUT2D eigenvalue weighted by molar-refractivity contribution is -0.123. The van der Waals surface area contributed by atoms with E-state index in [9.17, 15) is 19.2 Å². The van der Waals surface area contributed by atoms with Crippen LogP contribution in [0.2, 0.25) is 5.02 Å². The van der Waals surface area contributed by atoms with E-state index in [-0.39, 0.29) is 29.5 Å².